The van der Waals surface area contributed by atoms with Crippen LogP contribution in [0.25, 0.3) is 5.65 Å². The van der Waals surface area contributed by atoms with Crippen molar-refractivity contribution >= 4 is 22.9 Å². The number of aromatic nitrogens is 4. The van der Waals surface area contributed by atoms with E-state index >= 15 is 0 Å². The van der Waals surface area contributed by atoms with Gasteiger partial charge in [0.2, 0.25) is 0 Å². The lowest BCUT2D eigenvalue weighted by Gasteiger charge is -2.03. The molecule has 3 N–H and O–H groups in total. The maximum absolute atomic E-state index is 5.65. The fourth-order valence-electron chi connectivity index (χ4n) is 1.72. The molecule has 0 fully saturated rings. The Kier molecular flexibility index (Phi) is 3.00. The lowest BCUT2D eigenvalue weighted by atomic mass is 10.1. The molecular formula is C13H13N7. The summed E-state index contributed by atoms with van der Waals surface area (Å²) >= 11 is 0. The molecule has 0 radical (unpaired) electrons. The van der Waals surface area contributed by atoms with Gasteiger partial charge in [0.05, 0.1) is 5.71 Å². The number of rotatable bonds is 3. The molecule has 0 saturated heterocycles. The molecule has 1 aromatic carbocycles. The van der Waals surface area contributed by atoms with Gasteiger partial charge in [0.1, 0.15) is 6.33 Å². The minimum Gasteiger partial charge on any atom is -0.399 e. The van der Waals surface area contributed by atoms with Crippen molar-refractivity contribution in [1.82, 2.24) is 19.8 Å². The summed E-state index contributed by atoms with van der Waals surface area (Å²) in [5.74, 6) is 0.618. The average Bonchev–Trinajstić information content (AvgIpc) is 2.93. The van der Waals surface area contributed by atoms with E-state index in [2.05, 4.69) is 25.8 Å². The van der Waals surface area contributed by atoms with Crippen molar-refractivity contribution in [3.63, 3.8) is 0 Å². The van der Waals surface area contributed by atoms with E-state index in [9.17, 15) is 0 Å². The van der Waals surface area contributed by atoms with Gasteiger partial charge in [0, 0.05) is 5.69 Å². The quantitative estimate of drug-likeness (QED) is 0.426. The Hall–Kier alpha value is -2.96. The molecule has 2 heterocycles. The van der Waals surface area contributed by atoms with Crippen LogP contribution in [0.5, 0.6) is 0 Å². The van der Waals surface area contributed by atoms with Gasteiger partial charge in [-0.05, 0) is 36.8 Å². The maximum atomic E-state index is 5.65. The predicted octanol–water partition coefficient (Wildman–Crippen LogP) is 1.54. The largest absolute Gasteiger partial charge is 0.399 e. The molecule has 0 aliphatic rings. The van der Waals surface area contributed by atoms with Crippen LogP contribution in [-0.4, -0.2) is 25.5 Å². The zero-order valence-corrected chi connectivity index (χ0v) is 10.9. The minimum atomic E-state index is 0.618. The molecule has 2 aromatic heterocycles. The second kappa shape index (κ2) is 4.96. The van der Waals surface area contributed by atoms with Crippen LogP contribution in [0.4, 0.5) is 11.5 Å². The van der Waals surface area contributed by atoms with Crippen molar-refractivity contribution < 1.29 is 0 Å². The van der Waals surface area contributed by atoms with E-state index in [4.69, 9.17) is 5.73 Å². The Morgan fingerprint density at radius 1 is 1.20 bits per heavy atom. The van der Waals surface area contributed by atoms with Gasteiger partial charge in [0.25, 0.3) is 0 Å². The average molecular weight is 267 g/mol. The Bertz CT molecular complexity index is 758. The normalized spacial score (nSPS) is 11.8. The fraction of sp³-hybridized carbons (Fsp3) is 0.0769. The summed E-state index contributed by atoms with van der Waals surface area (Å²) in [6.07, 6.45) is 1.54. The molecule has 20 heavy (non-hydrogen) atoms. The number of hydrogen-bond donors (Lipinski definition) is 2. The van der Waals surface area contributed by atoms with Crippen LogP contribution < -0.4 is 11.2 Å². The molecule has 0 aliphatic heterocycles. The third kappa shape index (κ3) is 2.41. The molecule has 0 atom stereocenters. The highest BCUT2D eigenvalue weighted by atomic mass is 15.4. The summed E-state index contributed by atoms with van der Waals surface area (Å²) in [5, 5.41) is 16.2. The first-order valence-corrected chi connectivity index (χ1v) is 6.06. The zero-order valence-electron chi connectivity index (χ0n) is 10.9. The van der Waals surface area contributed by atoms with Crippen molar-refractivity contribution in [2.75, 3.05) is 11.2 Å². The van der Waals surface area contributed by atoms with Crippen LogP contribution in [0.2, 0.25) is 0 Å². The number of nitrogens with two attached hydrogens (primary N) is 1. The van der Waals surface area contributed by atoms with Gasteiger partial charge in [-0.3, -0.25) is 5.43 Å². The first-order valence-electron chi connectivity index (χ1n) is 6.06. The SMILES string of the molecule is CC(=NNc1ccc2nncn2n1)c1ccc(N)cc1. The predicted molar refractivity (Wildman–Crippen MR) is 77.5 cm³/mol. The van der Waals surface area contributed by atoms with E-state index in [0.29, 0.717) is 11.5 Å². The van der Waals surface area contributed by atoms with Gasteiger partial charge in [-0.25, -0.2) is 0 Å². The smallest absolute Gasteiger partial charge is 0.177 e. The first-order chi connectivity index (χ1) is 9.72. The Morgan fingerprint density at radius 2 is 2.00 bits per heavy atom. The maximum Gasteiger partial charge on any atom is 0.177 e. The third-order valence-electron chi connectivity index (χ3n) is 2.83. The summed E-state index contributed by atoms with van der Waals surface area (Å²) in [5.41, 5.74) is 11.8. The van der Waals surface area contributed by atoms with Gasteiger partial charge in [-0.1, -0.05) is 12.1 Å². The van der Waals surface area contributed by atoms with Crippen molar-refractivity contribution in [3.05, 3.63) is 48.3 Å². The number of nitrogens with zero attached hydrogens (tertiary/aromatic N) is 5. The molecule has 0 unspecified atom stereocenters. The van der Waals surface area contributed by atoms with Crippen molar-refractivity contribution in [2.24, 2.45) is 5.10 Å². The van der Waals surface area contributed by atoms with Gasteiger partial charge < -0.3 is 5.73 Å². The molecule has 0 bridgehead atoms. The third-order valence-corrected chi connectivity index (χ3v) is 2.83. The molecule has 0 aliphatic carbocycles. The highest BCUT2D eigenvalue weighted by molar-refractivity contribution is 5.99. The van der Waals surface area contributed by atoms with E-state index in [1.54, 1.807) is 10.6 Å². The monoisotopic (exact) mass is 267 g/mol. The standard InChI is InChI=1S/C13H13N7/c1-9(10-2-4-11(14)5-3-10)16-17-12-6-7-13-18-15-8-20(13)19-12/h2-8H,14H2,1H3,(H,17,19). The number of benzene rings is 1. The van der Waals surface area contributed by atoms with Gasteiger partial charge >= 0.3 is 0 Å². The van der Waals surface area contributed by atoms with Crippen LogP contribution in [0.15, 0.2) is 47.8 Å². The number of nitrogens with one attached hydrogen (secondary N) is 1. The van der Waals surface area contributed by atoms with Crippen LogP contribution in [0.3, 0.4) is 0 Å². The number of anilines is 2. The first kappa shape index (κ1) is 12.1. The van der Waals surface area contributed by atoms with Crippen molar-refractivity contribution in [3.8, 4) is 0 Å². The van der Waals surface area contributed by atoms with E-state index in [-0.39, 0.29) is 0 Å². The van der Waals surface area contributed by atoms with E-state index in [1.165, 1.54) is 6.33 Å². The summed E-state index contributed by atoms with van der Waals surface area (Å²) in [4.78, 5) is 0. The molecule has 3 aromatic rings. The molecule has 100 valence electrons. The van der Waals surface area contributed by atoms with Crippen LogP contribution in [0, 0.1) is 0 Å². The van der Waals surface area contributed by atoms with Crippen LogP contribution >= 0.6 is 0 Å². The number of nitrogen functional groups attached to an aromatic ring is 1. The fourth-order valence-corrected chi connectivity index (χ4v) is 1.72. The van der Waals surface area contributed by atoms with Crippen LogP contribution in [-0.2, 0) is 0 Å². The second-order valence-corrected chi connectivity index (χ2v) is 4.28. The van der Waals surface area contributed by atoms with E-state index in [0.717, 1.165) is 17.0 Å². The molecule has 0 saturated carbocycles. The molecule has 0 amide bonds. The van der Waals surface area contributed by atoms with Crippen LogP contribution in [0.1, 0.15) is 12.5 Å². The van der Waals surface area contributed by atoms with Gasteiger partial charge in [-0.15, -0.1) is 15.3 Å². The molecular weight excluding hydrogens is 254 g/mol. The molecule has 3 rings (SSSR count). The second-order valence-electron chi connectivity index (χ2n) is 4.28. The van der Waals surface area contributed by atoms with Gasteiger partial charge in [-0.2, -0.15) is 9.62 Å². The minimum absolute atomic E-state index is 0.618. The number of fused-ring (bicyclic) bond motifs is 1. The summed E-state index contributed by atoms with van der Waals surface area (Å²) in [6.45, 7) is 1.91. The lowest BCUT2D eigenvalue weighted by molar-refractivity contribution is 0.924. The molecule has 0 spiro atoms. The summed E-state index contributed by atoms with van der Waals surface area (Å²) in [6, 6.07) is 11.1. The van der Waals surface area contributed by atoms with E-state index in [1.807, 2.05) is 37.3 Å². The Labute approximate surface area is 115 Å². The van der Waals surface area contributed by atoms with Crippen molar-refractivity contribution in [2.45, 2.75) is 6.92 Å². The lowest BCUT2D eigenvalue weighted by Crippen LogP contribution is -2.02. The summed E-state index contributed by atoms with van der Waals surface area (Å²) < 4.78 is 1.58. The molecule has 7 heteroatoms. The highest BCUT2D eigenvalue weighted by Gasteiger charge is 2.00. The van der Waals surface area contributed by atoms with Crippen molar-refractivity contribution in [1.29, 1.82) is 0 Å². The highest BCUT2D eigenvalue weighted by Crippen LogP contribution is 2.08. The topological polar surface area (TPSA) is 93.5 Å². The summed E-state index contributed by atoms with van der Waals surface area (Å²) in [7, 11) is 0. The Balaban J connectivity index is 1.80. The number of hydrazone groups is 1. The van der Waals surface area contributed by atoms with Gasteiger partial charge in [0.15, 0.2) is 11.5 Å². The molecule has 7 nitrogen and oxygen atoms in total. The number of hydrogen-bond acceptors (Lipinski definition) is 6. The zero-order chi connectivity index (χ0) is 13.9. The van der Waals surface area contributed by atoms with E-state index < -0.39 is 0 Å². The Morgan fingerprint density at radius 3 is 2.80 bits per heavy atom.